The molecule has 0 spiro atoms. The molecule has 1 unspecified atom stereocenters. The molecular weight excluding hydrogens is 231 g/mol. The fourth-order valence-electron chi connectivity index (χ4n) is 1.37. The van der Waals surface area contributed by atoms with Gasteiger partial charge < -0.3 is 5.11 Å². The van der Waals surface area contributed by atoms with Crippen molar-refractivity contribution >= 4 is 9.84 Å². The monoisotopic (exact) mass is 246 g/mol. The lowest BCUT2D eigenvalue weighted by atomic mass is 10.0. The largest absolute Gasteiger partial charge is 0.388 e. The maximum atomic E-state index is 13.0. The SMILES string of the molecule is Cc1cc(C(O)CCS(C)(=O)=O)ccc1F. The summed E-state index contributed by atoms with van der Waals surface area (Å²) in [6.45, 7) is 1.60. The first-order chi connectivity index (χ1) is 7.29. The minimum absolute atomic E-state index is 0.0788. The van der Waals surface area contributed by atoms with E-state index in [1.807, 2.05) is 0 Å². The van der Waals surface area contributed by atoms with E-state index in [1.165, 1.54) is 18.2 Å². The number of aliphatic hydroxyl groups is 1. The third-order valence-corrected chi connectivity index (χ3v) is 3.31. The van der Waals surface area contributed by atoms with Crippen LogP contribution in [-0.2, 0) is 9.84 Å². The fourth-order valence-corrected chi connectivity index (χ4v) is 2.02. The van der Waals surface area contributed by atoms with Crippen molar-refractivity contribution in [1.29, 1.82) is 0 Å². The molecule has 0 radical (unpaired) electrons. The van der Waals surface area contributed by atoms with E-state index in [4.69, 9.17) is 0 Å². The number of halogens is 1. The molecule has 3 nitrogen and oxygen atoms in total. The van der Waals surface area contributed by atoms with Crippen molar-refractivity contribution in [3.05, 3.63) is 35.1 Å². The minimum Gasteiger partial charge on any atom is -0.388 e. The van der Waals surface area contributed by atoms with Crippen LogP contribution in [-0.4, -0.2) is 25.5 Å². The highest BCUT2D eigenvalue weighted by atomic mass is 32.2. The Morgan fingerprint density at radius 2 is 2.06 bits per heavy atom. The van der Waals surface area contributed by atoms with Gasteiger partial charge in [0.2, 0.25) is 0 Å². The number of rotatable bonds is 4. The van der Waals surface area contributed by atoms with Crippen LogP contribution in [0.15, 0.2) is 18.2 Å². The van der Waals surface area contributed by atoms with Gasteiger partial charge in [0.25, 0.3) is 0 Å². The summed E-state index contributed by atoms with van der Waals surface area (Å²) in [5, 5.41) is 9.71. The maximum Gasteiger partial charge on any atom is 0.147 e. The van der Waals surface area contributed by atoms with Crippen molar-refractivity contribution in [3.8, 4) is 0 Å². The standard InChI is InChI=1S/C11H15FO3S/c1-8-7-9(3-4-10(8)12)11(13)5-6-16(2,14)15/h3-4,7,11,13H,5-6H2,1-2H3. The molecule has 1 rings (SSSR count). The van der Waals surface area contributed by atoms with Crippen LogP contribution in [0, 0.1) is 12.7 Å². The van der Waals surface area contributed by atoms with E-state index in [0.29, 0.717) is 11.1 Å². The number of sulfone groups is 1. The van der Waals surface area contributed by atoms with Crippen molar-refractivity contribution in [1.82, 2.24) is 0 Å². The molecule has 5 heteroatoms. The molecule has 0 aliphatic carbocycles. The highest BCUT2D eigenvalue weighted by Crippen LogP contribution is 2.19. The summed E-state index contributed by atoms with van der Waals surface area (Å²) in [4.78, 5) is 0. The summed E-state index contributed by atoms with van der Waals surface area (Å²) < 4.78 is 34.8. The first-order valence-corrected chi connectivity index (χ1v) is 6.97. The lowest BCUT2D eigenvalue weighted by molar-refractivity contribution is 0.174. The average molecular weight is 246 g/mol. The zero-order valence-electron chi connectivity index (χ0n) is 9.27. The lowest BCUT2D eigenvalue weighted by Crippen LogP contribution is -2.08. The van der Waals surface area contributed by atoms with E-state index in [-0.39, 0.29) is 18.0 Å². The zero-order valence-corrected chi connectivity index (χ0v) is 10.1. The van der Waals surface area contributed by atoms with Gasteiger partial charge in [0.1, 0.15) is 15.7 Å². The van der Waals surface area contributed by atoms with Gasteiger partial charge in [-0.1, -0.05) is 12.1 Å². The average Bonchev–Trinajstić information content (AvgIpc) is 2.17. The molecule has 0 saturated heterocycles. The normalized spacial score (nSPS) is 13.8. The van der Waals surface area contributed by atoms with E-state index in [9.17, 15) is 17.9 Å². The van der Waals surface area contributed by atoms with Crippen molar-refractivity contribution in [2.75, 3.05) is 12.0 Å². The molecule has 0 aliphatic heterocycles. The third kappa shape index (κ3) is 3.90. The molecule has 0 bridgehead atoms. The number of benzene rings is 1. The predicted molar refractivity (Wildman–Crippen MR) is 60.4 cm³/mol. The van der Waals surface area contributed by atoms with Crippen LogP contribution < -0.4 is 0 Å². The maximum absolute atomic E-state index is 13.0. The molecule has 1 aromatic carbocycles. The number of aryl methyl sites for hydroxylation is 1. The number of hydrogen-bond acceptors (Lipinski definition) is 3. The van der Waals surface area contributed by atoms with Crippen LogP contribution in [0.1, 0.15) is 23.7 Å². The van der Waals surface area contributed by atoms with Crippen molar-refractivity contribution in [2.45, 2.75) is 19.4 Å². The second-order valence-electron chi connectivity index (χ2n) is 3.94. The molecule has 0 heterocycles. The Bertz CT molecular complexity index is 468. The van der Waals surface area contributed by atoms with Crippen LogP contribution in [0.4, 0.5) is 4.39 Å². The molecule has 0 aromatic heterocycles. The van der Waals surface area contributed by atoms with Crippen LogP contribution in [0.5, 0.6) is 0 Å². The van der Waals surface area contributed by atoms with Crippen LogP contribution in [0.3, 0.4) is 0 Å². The molecular formula is C11H15FO3S. The quantitative estimate of drug-likeness (QED) is 0.878. The molecule has 0 amide bonds. The van der Waals surface area contributed by atoms with Crippen LogP contribution in [0.2, 0.25) is 0 Å². The van der Waals surface area contributed by atoms with Crippen LogP contribution in [0.25, 0.3) is 0 Å². The zero-order chi connectivity index (χ0) is 12.3. The number of hydrogen-bond donors (Lipinski definition) is 1. The second kappa shape index (κ2) is 4.93. The second-order valence-corrected chi connectivity index (χ2v) is 6.20. The molecule has 90 valence electrons. The third-order valence-electron chi connectivity index (χ3n) is 2.33. The van der Waals surface area contributed by atoms with Crippen molar-refractivity contribution < 1.29 is 17.9 Å². The van der Waals surface area contributed by atoms with Gasteiger partial charge in [-0.05, 0) is 30.5 Å². The molecule has 1 atom stereocenters. The lowest BCUT2D eigenvalue weighted by Gasteiger charge is -2.11. The smallest absolute Gasteiger partial charge is 0.147 e. The topological polar surface area (TPSA) is 54.4 Å². The highest BCUT2D eigenvalue weighted by Gasteiger charge is 2.12. The van der Waals surface area contributed by atoms with Gasteiger partial charge in [0, 0.05) is 6.26 Å². The summed E-state index contributed by atoms with van der Waals surface area (Å²) in [7, 11) is -3.08. The summed E-state index contributed by atoms with van der Waals surface area (Å²) in [6.07, 6.45) is 0.383. The molecule has 0 fully saturated rings. The minimum atomic E-state index is -3.08. The summed E-state index contributed by atoms with van der Waals surface area (Å²) in [5.74, 6) is -0.413. The van der Waals surface area contributed by atoms with Gasteiger partial charge in [-0.3, -0.25) is 0 Å². The van der Waals surface area contributed by atoms with E-state index in [2.05, 4.69) is 0 Å². The van der Waals surface area contributed by atoms with Gasteiger partial charge in [-0.25, -0.2) is 12.8 Å². The molecule has 0 aliphatic rings. The number of aliphatic hydroxyl groups excluding tert-OH is 1. The summed E-state index contributed by atoms with van der Waals surface area (Å²) in [6, 6.07) is 4.27. The Hall–Kier alpha value is -0.940. The Kier molecular flexibility index (Phi) is 4.04. The van der Waals surface area contributed by atoms with Crippen molar-refractivity contribution in [3.63, 3.8) is 0 Å². The van der Waals surface area contributed by atoms with E-state index in [1.54, 1.807) is 6.92 Å². The first-order valence-electron chi connectivity index (χ1n) is 4.91. The van der Waals surface area contributed by atoms with Gasteiger partial charge in [0.15, 0.2) is 0 Å². The van der Waals surface area contributed by atoms with Gasteiger partial charge in [0.05, 0.1) is 11.9 Å². The Balaban J connectivity index is 2.73. The fraction of sp³-hybridized carbons (Fsp3) is 0.455. The Labute approximate surface area is 94.8 Å². The summed E-state index contributed by atoms with van der Waals surface area (Å²) >= 11 is 0. The predicted octanol–water partition coefficient (Wildman–Crippen LogP) is 1.60. The van der Waals surface area contributed by atoms with E-state index >= 15 is 0 Å². The molecule has 0 saturated carbocycles. The first kappa shape index (κ1) is 13.1. The van der Waals surface area contributed by atoms with Gasteiger partial charge in [-0.2, -0.15) is 0 Å². The summed E-state index contributed by atoms with van der Waals surface area (Å²) in [5.41, 5.74) is 0.985. The van der Waals surface area contributed by atoms with Gasteiger partial charge >= 0.3 is 0 Å². The van der Waals surface area contributed by atoms with E-state index < -0.39 is 15.9 Å². The molecule has 1 aromatic rings. The highest BCUT2D eigenvalue weighted by molar-refractivity contribution is 7.90. The molecule has 1 N–H and O–H groups in total. The Morgan fingerprint density at radius 1 is 1.44 bits per heavy atom. The van der Waals surface area contributed by atoms with E-state index in [0.717, 1.165) is 6.26 Å². The van der Waals surface area contributed by atoms with Gasteiger partial charge in [-0.15, -0.1) is 0 Å². The Morgan fingerprint density at radius 3 is 2.56 bits per heavy atom. The van der Waals surface area contributed by atoms with Crippen LogP contribution >= 0.6 is 0 Å². The van der Waals surface area contributed by atoms with Crippen molar-refractivity contribution in [2.24, 2.45) is 0 Å². The molecule has 16 heavy (non-hydrogen) atoms.